The van der Waals surface area contributed by atoms with Gasteiger partial charge in [0, 0.05) is 13.1 Å². The van der Waals surface area contributed by atoms with E-state index in [1.807, 2.05) is 0 Å². The predicted octanol–water partition coefficient (Wildman–Crippen LogP) is 0.572. The molecule has 0 aromatic heterocycles. The van der Waals surface area contributed by atoms with Crippen molar-refractivity contribution >= 4 is 10.0 Å². The number of rotatable bonds is 2. The Morgan fingerprint density at radius 2 is 2.15 bits per heavy atom. The second-order valence-corrected chi connectivity index (χ2v) is 6.09. The second-order valence-electron chi connectivity index (χ2n) is 4.00. The molecular weight excluding hydrogens is 188 g/mol. The van der Waals surface area contributed by atoms with Crippen LogP contribution in [0, 0.1) is 16.7 Å². The van der Waals surface area contributed by atoms with Crippen LogP contribution in [0.5, 0.6) is 0 Å². The smallest absolute Gasteiger partial charge is 0.212 e. The van der Waals surface area contributed by atoms with Crippen molar-refractivity contribution in [2.75, 3.05) is 18.8 Å². The Morgan fingerprint density at radius 1 is 1.54 bits per heavy atom. The van der Waals surface area contributed by atoms with Crippen LogP contribution in [-0.2, 0) is 10.0 Å². The Morgan fingerprint density at radius 3 is 2.54 bits per heavy atom. The molecular formula is C8H14N2O2S. The lowest BCUT2D eigenvalue weighted by atomic mass is 9.96. The summed E-state index contributed by atoms with van der Waals surface area (Å²) in [5, 5.41) is 8.75. The molecule has 74 valence electrons. The van der Waals surface area contributed by atoms with E-state index in [9.17, 15) is 8.42 Å². The molecule has 0 bridgehead atoms. The van der Waals surface area contributed by atoms with Crippen LogP contribution in [0.2, 0.25) is 0 Å². The molecule has 0 N–H and O–H groups in total. The monoisotopic (exact) mass is 202 g/mol. The van der Waals surface area contributed by atoms with Crippen molar-refractivity contribution in [1.82, 2.24) is 4.31 Å². The van der Waals surface area contributed by atoms with Gasteiger partial charge in [0.15, 0.2) is 0 Å². The van der Waals surface area contributed by atoms with Gasteiger partial charge in [-0.3, -0.25) is 0 Å². The van der Waals surface area contributed by atoms with Crippen LogP contribution >= 0.6 is 0 Å². The maximum absolute atomic E-state index is 11.4. The van der Waals surface area contributed by atoms with Crippen LogP contribution in [-0.4, -0.2) is 31.6 Å². The van der Waals surface area contributed by atoms with Crippen molar-refractivity contribution in [3.63, 3.8) is 0 Å². The van der Waals surface area contributed by atoms with E-state index in [2.05, 4.69) is 6.07 Å². The summed E-state index contributed by atoms with van der Waals surface area (Å²) in [7, 11) is -3.05. The molecule has 1 aliphatic rings. The van der Waals surface area contributed by atoms with E-state index >= 15 is 0 Å². The van der Waals surface area contributed by atoms with E-state index in [1.54, 1.807) is 13.8 Å². The summed E-state index contributed by atoms with van der Waals surface area (Å²) in [4.78, 5) is 0. The van der Waals surface area contributed by atoms with Gasteiger partial charge in [0.25, 0.3) is 0 Å². The molecule has 0 spiro atoms. The molecule has 0 saturated carbocycles. The molecule has 5 heteroatoms. The quantitative estimate of drug-likeness (QED) is 0.657. The summed E-state index contributed by atoms with van der Waals surface area (Å²) >= 11 is 0. The van der Waals surface area contributed by atoms with Crippen molar-refractivity contribution in [2.24, 2.45) is 5.41 Å². The van der Waals surface area contributed by atoms with Crippen molar-refractivity contribution in [3.05, 3.63) is 0 Å². The lowest BCUT2D eigenvalue weighted by molar-refractivity contribution is 0.335. The van der Waals surface area contributed by atoms with E-state index in [1.165, 1.54) is 4.31 Å². The molecule has 1 heterocycles. The van der Waals surface area contributed by atoms with Crippen molar-refractivity contribution in [2.45, 2.75) is 20.3 Å². The van der Waals surface area contributed by atoms with Crippen molar-refractivity contribution in [1.29, 1.82) is 5.26 Å². The van der Waals surface area contributed by atoms with Crippen LogP contribution in [0.3, 0.4) is 0 Å². The fourth-order valence-electron chi connectivity index (χ4n) is 1.35. The van der Waals surface area contributed by atoms with Gasteiger partial charge in [0.1, 0.15) is 0 Å². The average Bonchev–Trinajstić information content (AvgIpc) is 2.31. The number of nitriles is 1. The Kier molecular flexibility index (Phi) is 2.64. The third-order valence-corrected chi connectivity index (χ3v) is 3.98. The molecule has 0 atom stereocenters. The Balaban J connectivity index is 2.72. The molecule has 0 radical (unpaired) electrons. The second kappa shape index (κ2) is 3.28. The molecule has 0 unspecified atom stereocenters. The first-order valence-corrected chi connectivity index (χ1v) is 5.87. The van der Waals surface area contributed by atoms with E-state index < -0.39 is 15.4 Å². The molecule has 0 amide bonds. The highest BCUT2D eigenvalue weighted by atomic mass is 32.2. The number of hydrogen-bond acceptors (Lipinski definition) is 3. The summed E-state index contributed by atoms with van der Waals surface area (Å²) in [5.41, 5.74) is -0.586. The normalized spacial score (nSPS) is 22.8. The molecule has 0 aromatic rings. The molecule has 0 aromatic carbocycles. The SMILES string of the molecule is CC(C)(C#N)CN1CCCS1(=O)=O. The molecule has 13 heavy (non-hydrogen) atoms. The topological polar surface area (TPSA) is 61.2 Å². The number of sulfonamides is 1. The minimum Gasteiger partial charge on any atom is -0.212 e. The molecule has 1 fully saturated rings. The van der Waals surface area contributed by atoms with E-state index in [0.717, 1.165) is 0 Å². The molecule has 1 rings (SSSR count). The minimum atomic E-state index is -3.05. The summed E-state index contributed by atoms with van der Waals surface area (Å²) in [5.74, 6) is 0.231. The standard InChI is InChI=1S/C8H14N2O2S/c1-8(2,6-9)7-10-4-3-5-13(10,11)12/h3-5,7H2,1-2H3. The summed E-state index contributed by atoms with van der Waals surface area (Å²) in [6.07, 6.45) is 0.684. The number of hydrogen-bond donors (Lipinski definition) is 0. The molecule has 4 nitrogen and oxygen atoms in total. The Hall–Kier alpha value is -0.600. The Labute approximate surface area is 79.2 Å². The van der Waals surface area contributed by atoms with Gasteiger partial charge in [-0.25, -0.2) is 12.7 Å². The van der Waals surface area contributed by atoms with Gasteiger partial charge in [-0.2, -0.15) is 5.26 Å². The van der Waals surface area contributed by atoms with Gasteiger partial charge in [-0.15, -0.1) is 0 Å². The lowest BCUT2D eigenvalue weighted by Crippen LogP contribution is -2.34. The zero-order chi connectivity index (χ0) is 10.1. The Bertz CT molecular complexity index is 327. The fourth-order valence-corrected chi connectivity index (χ4v) is 3.02. The summed E-state index contributed by atoms with van der Waals surface area (Å²) in [6, 6.07) is 2.10. The van der Waals surface area contributed by atoms with Crippen LogP contribution in [0.1, 0.15) is 20.3 Å². The predicted molar refractivity (Wildman–Crippen MR) is 49.4 cm³/mol. The zero-order valence-corrected chi connectivity index (χ0v) is 8.76. The first-order chi connectivity index (χ1) is 5.87. The van der Waals surface area contributed by atoms with Gasteiger partial charge in [0.2, 0.25) is 10.0 Å². The third-order valence-electron chi connectivity index (χ3n) is 2.08. The highest BCUT2D eigenvalue weighted by molar-refractivity contribution is 7.89. The highest BCUT2D eigenvalue weighted by Gasteiger charge is 2.33. The first-order valence-electron chi connectivity index (χ1n) is 4.26. The lowest BCUT2D eigenvalue weighted by Gasteiger charge is -2.22. The van der Waals surface area contributed by atoms with Gasteiger partial charge >= 0.3 is 0 Å². The van der Waals surface area contributed by atoms with Crippen molar-refractivity contribution < 1.29 is 8.42 Å². The van der Waals surface area contributed by atoms with Crippen LogP contribution in [0.25, 0.3) is 0 Å². The van der Waals surface area contributed by atoms with Crippen LogP contribution in [0.4, 0.5) is 0 Å². The van der Waals surface area contributed by atoms with E-state index in [4.69, 9.17) is 5.26 Å². The van der Waals surface area contributed by atoms with Gasteiger partial charge in [-0.05, 0) is 20.3 Å². The van der Waals surface area contributed by atoms with Crippen LogP contribution < -0.4 is 0 Å². The summed E-state index contributed by atoms with van der Waals surface area (Å²) in [6.45, 7) is 4.38. The summed E-state index contributed by atoms with van der Waals surface area (Å²) < 4.78 is 24.2. The third kappa shape index (κ3) is 2.42. The highest BCUT2D eigenvalue weighted by Crippen LogP contribution is 2.21. The molecule has 1 saturated heterocycles. The van der Waals surface area contributed by atoms with Crippen molar-refractivity contribution in [3.8, 4) is 6.07 Å². The fraction of sp³-hybridized carbons (Fsp3) is 0.875. The average molecular weight is 202 g/mol. The minimum absolute atomic E-state index is 0.231. The molecule has 1 aliphatic heterocycles. The maximum Gasteiger partial charge on any atom is 0.214 e. The first kappa shape index (κ1) is 10.5. The largest absolute Gasteiger partial charge is 0.214 e. The zero-order valence-electron chi connectivity index (χ0n) is 7.95. The van der Waals surface area contributed by atoms with E-state index in [-0.39, 0.29) is 5.75 Å². The van der Waals surface area contributed by atoms with Gasteiger partial charge in [-0.1, -0.05) is 0 Å². The van der Waals surface area contributed by atoms with E-state index in [0.29, 0.717) is 19.5 Å². The molecule has 0 aliphatic carbocycles. The van der Waals surface area contributed by atoms with Gasteiger partial charge in [0.05, 0.1) is 17.2 Å². The van der Waals surface area contributed by atoms with Gasteiger partial charge < -0.3 is 0 Å². The van der Waals surface area contributed by atoms with Crippen LogP contribution in [0.15, 0.2) is 0 Å². The number of nitrogens with zero attached hydrogens (tertiary/aromatic N) is 2. The maximum atomic E-state index is 11.4.